The second-order valence-electron chi connectivity index (χ2n) is 2.66. The second kappa shape index (κ2) is 4.07. The molecular weight excluding hydrogens is 348 g/mol. The van der Waals surface area contributed by atoms with Gasteiger partial charge in [0.05, 0.1) is 8.66 Å². The average Bonchev–Trinajstić information content (AvgIpc) is 2.60. The van der Waals surface area contributed by atoms with Crippen molar-refractivity contribution < 1.29 is 5.11 Å². The van der Waals surface area contributed by atoms with E-state index in [4.69, 9.17) is 0 Å². The number of halogens is 2. The van der Waals surface area contributed by atoms with Crippen molar-refractivity contribution in [2.24, 2.45) is 0 Å². The van der Waals surface area contributed by atoms with Crippen molar-refractivity contribution in [1.29, 1.82) is 0 Å². The smallest absolute Gasteiger partial charge is 0.269 e. The van der Waals surface area contributed by atoms with Gasteiger partial charge in [0.15, 0.2) is 5.82 Å². The van der Waals surface area contributed by atoms with Gasteiger partial charge in [-0.25, -0.2) is 0 Å². The van der Waals surface area contributed by atoms with E-state index in [1.54, 1.807) is 6.07 Å². The summed E-state index contributed by atoms with van der Waals surface area (Å²) >= 11 is 7.66. The van der Waals surface area contributed by atoms with Crippen molar-refractivity contribution in [2.45, 2.75) is 0 Å². The molecule has 78 valence electrons. The van der Waals surface area contributed by atoms with E-state index in [-0.39, 0.29) is 10.4 Å². The minimum atomic E-state index is -0.401. The van der Waals surface area contributed by atoms with Crippen LogP contribution in [0.15, 0.2) is 25.2 Å². The molecule has 0 amide bonds. The predicted molar refractivity (Wildman–Crippen MR) is 65.2 cm³/mol. The summed E-state index contributed by atoms with van der Waals surface area (Å²) in [6, 6.07) is 3.65. The molecule has 4 nitrogen and oxygen atoms in total. The van der Waals surface area contributed by atoms with E-state index in [0.29, 0.717) is 5.82 Å². The number of H-pyrrole nitrogens is 1. The Hall–Kier alpha value is -0.660. The van der Waals surface area contributed by atoms with Crippen molar-refractivity contribution >= 4 is 43.2 Å². The first-order chi connectivity index (χ1) is 7.08. The molecular formula is C8H4Br2N2O2S. The van der Waals surface area contributed by atoms with Crippen molar-refractivity contribution in [3.8, 4) is 16.6 Å². The summed E-state index contributed by atoms with van der Waals surface area (Å²) < 4.78 is 0.976. The first kappa shape index (κ1) is 10.8. The number of aromatic amines is 1. The maximum Gasteiger partial charge on any atom is 0.269 e. The molecule has 0 saturated heterocycles. The van der Waals surface area contributed by atoms with E-state index < -0.39 is 5.56 Å². The molecule has 2 rings (SSSR count). The molecule has 0 fully saturated rings. The van der Waals surface area contributed by atoms with Crippen LogP contribution in [-0.4, -0.2) is 15.1 Å². The highest BCUT2D eigenvalue weighted by Gasteiger charge is 2.10. The van der Waals surface area contributed by atoms with Crippen LogP contribution in [0.4, 0.5) is 0 Å². The molecule has 2 aromatic rings. The minimum Gasteiger partial charge on any atom is -0.492 e. The molecule has 0 atom stereocenters. The third kappa shape index (κ3) is 2.14. The van der Waals surface area contributed by atoms with Crippen LogP contribution in [-0.2, 0) is 0 Å². The van der Waals surface area contributed by atoms with Crippen molar-refractivity contribution in [1.82, 2.24) is 9.97 Å². The van der Waals surface area contributed by atoms with Crippen molar-refractivity contribution in [2.75, 3.05) is 0 Å². The largest absolute Gasteiger partial charge is 0.492 e. The second-order valence-corrected chi connectivity index (χ2v) is 5.91. The fraction of sp³-hybridized carbons (Fsp3) is 0. The summed E-state index contributed by atoms with van der Waals surface area (Å²) in [6.45, 7) is 0. The molecule has 0 radical (unpaired) electrons. The number of rotatable bonds is 1. The van der Waals surface area contributed by atoms with Gasteiger partial charge in [0, 0.05) is 0 Å². The summed E-state index contributed by atoms with van der Waals surface area (Å²) in [7, 11) is 0. The monoisotopic (exact) mass is 350 g/mol. The van der Waals surface area contributed by atoms with Gasteiger partial charge in [-0.15, -0.1) is 11.3 Å². The third-order valence-electron chi connectivity index (χ3n) is 1.65. The summed E-state index contributed by atoms with van der Waals surface area (Å²) in [6.07, 6.45) is 0. The van der Waals surface area contributed by atoms with E-state index in [9.17, 15) is 9.90 Å². The minimum absolute atomic E-state index is 0.0434. The summed E-state index contributed by atoms with van der Waals surface area (Å²) in [5, 5.41) is 9.36. The highest BCUT2D eigenvalue weighted by Crippen LogP contribution is 2.30. The number of thiophene rings is 1. The summed E-state index contributed by atoms with van der Waals surface area (Å²) in [5.41, 5.74) is -0.401. The fourth-order valence-corrected chi connectivity index (χ4v) is 2.52. The maximum absolute atomic E-state index is 11.3. The van der Waals surface area contributed by atoms with Gasteiger partial charge in [0.1, 0.15) is 4.47 Å². The van der Waals surface area contributed by atoms with Crippen LogP contribution < -0.4 is 5.56 Å². The van der Waals surface area contributed by atoms with E-state index in [1.807, 2.05) is 6.07 Å². The summed E-state index contributed by atoms with van der Waals surface area (Å²) in [4.78, 5) is 18.5. The number of aromatic nitrogens is 2. The Morgan fingerprint density at radius 3 is 2.67 bits per heavy atom. The van der Waals surface area contributed by atoms with Gasteiger partial charge < -0.3 is 10.1 Å². The van der Waals surface area contributed by atoms with Crippen LogP contribution in [0.1, 0.15) is 0 Å². The lowest BCUT2D eigenvalue weighted by atomic mass is 10.4. The molecule has 0 saturated carbocycles. The van der Waals surface area contributed by atoms with Gasteiger partial charge in [0.2, 0.25) is 5.88 Å². The van der Waals surface area contributed by atoms with Gasteiger partial charge in [0.25, 0.3) is 5.56 Å². The highest BCUT2D eigenvalue weighted by molar-refractivity contribution is 9.11. The highest BCUT2D eigenvalue weighted by atomic mass is 79.9. The standard InChI is InChI=1S/C8H4Br2N2O2S/c9-4-2-1-3(15-4)6-11-7(13)5(10)8(14)12-6/h1-2H,(H2,11,12,13,14). The Balaban J connectivity index is 2.60. The SMILES string of the molecule is O=c1[nH]c(-c2ccc(Br)s2)nc(O)c1Br. The lowest BCUT2D eigenvalue weighted by Gasteiger charge is -1.98. The van der Waals surface area contributed by atoms with Crippen LogP contribution in [0.3, 0.4) is 0 Å². The van der Waals surface area contributed by atoms with E-state index in [2.05, 4.69) is 41.8 Å². The molecule has 0 aliphatic rings. The molecule has 0 aromatic carbocycles. The number of hydrogen-bond acceptors (Lipinski definition) is 4. The quantitative estimate of drug-likeness (QED) is 0.830. The van der Waals surface area contributed by atoms with Crippen LogP contribution in [0.25, 0.3) is 10.7 Å². The lowest BCUT2D eigenvalue weighted by molar-refractivity contribution is 0.448. The molecule has 2 N–H and O–H groups in total. The maximum atomic E-state index is 11.3. The van der Waals surface area contributed by atoms with Crippen molar-refractivity contribution in [3.05, 3.63) is 30.7 Å². The molecule has 0 aliphatic heterocycles. The van der Waals surface area contributed by atoms with Gasteiger partial charge in [-0.1, -0.05) is 0 Å². The number of nitrogens with zero attached hydrogens (tertiary/aromatic N) is 1. The zero-order valence-electron chi connectivity index (χ0n) is 7.12. The lowest BCUT2D eigenvalue weighted by Crippen LogP contribution is -2.09. The normalized spacial score (nSPS) is 10.5. The van der Waals surface area contributed by atoms with Gasteiger partial charge >= 0.3 is 0 Å². The predicted octanol–water partition coefficient (Wildman–Crippen LogP) is 2.73. The Labute approximate surface area is 105 Å². The first-order valence-electron chi connectivity index (χ1n) is 3.82. The fourth-order valence-electron chi connectivity index (χ4n) is 1.01. The van der Waals surface area contributed by atoms with E-state index >= 15 is 0 Å². The Kier molecular flexibility index (Phi) is 2.94. The van der Waals surface area contributed by atoms with Gasteiger partial charge in [-0.3, -0.25) is 4.79 Å². The zero-order chi connectivity index (χ0) is 11.0. The average molecular weight is 352 g/mol. The molecule has 7 heteroatoms. The van der Waals surface area contributed by atoms with E-state index in [0.717, 1.165) is 8.66 Å². The van der Waals surface area contributed by atoms with Crippen molar-refractivity contribution in [3.63, 3.8) is 0 Å². The summed E-state index contributed by atoms with van der Waals surface area (Å²) in [5.74, 6) is 0.0506. The Morgan fingerprint density at radius 2 is 2.13 bits per heavy atom. The van der Waals surface area contributed by atoms with Crippen LogP contribution in [0, 0.1) is 0 Å². The Morgan fingerprint density at radius 1 is 1.40 bits per heavy atom. The number of nitrogens with one attached hydrogen (secondary N) is 1. The van der Waals surface area contributed by atoms with Crippen LogP contribution >= 0.6 is 43.2 Å². The molecule has 0 bridgehead atoms. The van der Waals surface area contributed by atoms with Gasteiger partial charge in [-0.05, 0) is 44.0 Å². The third-order valence-corrected chi connectivity index (χ3v) is 4.00. The molecule has 2 heterocycles. The van der Waals surface area contributed by atoms with Gasteiger partial charge in [-0.2, -0.15) is 4.98 Å². The zero-order valence-corrected chi connectivity index (χ0v) is 11.1. The van der Waals surface area contributed by atoms with E-state index in [1.165, 1.54) is 11.3 Å². The molecule has 2 aromatic heterocycles. The molecule has 0 spiro atoms. The Bertz CT molecular complexity index is 564. The first-order valence-corrected chi connectivity index (χ1v) is 6.22. The molecule has 0 aliphatic carbocycles. The number of hydrogen-bond donors (Lipinski definition) is 2. The van der Waals surface area contributed by atoms with Crippen LogP contribution in [0.2, 0.25) is 0 Å². The molecule has 0 unspecified atom stereocenters. The number of aromatic hydroxyl groups is 1. The topological polar surface area (TPSA) is 66.0 Å². The molecule has 15 heavy (non-hydrogen) atoms. The van der Waals surface area contributed by atoms with Crippen LogP contribution in [0.5, 0.6) is 5.88 Å².